The van der Waals surface area contributed by atoms with Crippen LogP contribution in [0.15, 0.2) is 54.6 Å². The molecule has 2 heterocycles. The first-order chi connectivity index (χ1) is 14.7. The van der Waals surface area contributed by atoms with Gasteiger partial charge in [-0.3, -0.25) is 9.89 Å². The lowest BCUT2D eigenvalue weighted by Crippen LogP contribution is -2.35. The number of carbonyl (C=O) groups excluding carboxylic acids is 1. The average Bonchev–Trinajstić information content (AvgIpc) is 3.17. The second-order valence-corrected chi connectivity index (χ2v) is 7.20. The van der Waals surface area contributed by atoms with Gasteiger partial charge in [-0.25, -0.2) is 0 Å². The molecule has 0 saturated carbocycles. The monoisotopic (exact) mass is 406 g/mol. The first-order valence-corrected chi connectivity index (χ1v) is 10.1. The number of hydrogen-bond acceptors (Lipinski definition) is 5. The van der Waals surface area contributed by atoms with Crippen molar-refractivity contribution in [3.05, 3.63) is 60.2 Å². The van der Waals surface area contributed by atoms with Crippen LogP contribution in [0.4, 0.5) is 5.82 Å². The van der Waals surface area contributed by atoms with E-state index in [1.165, 1.54) is 0 Å². The maximum Gasteiger partial charge on any atom is 0.257 e. The van der Waals surface area contributed by atoms with Gasteiger partial charge >= 0.3 is 0 Å². The van der Waals surface area contributed by atoms with Gasteiger partial charge in [0.25, 0.3) is 5.91 Å². The standard InChI is InChI=1S/C23H26N4O3/c1-29-18-9-10-19(21(15-18)30-2)23(28)27-12-6-11-26(13-14-27)22-16-20(24-25-22)17-7-4-3-5-8-17/h3-5,7-10,15-16H,6,11-14H2,1-2H3,(H,24,25). The van der Waals surface area contributed by atoms with E-state index in [-0.39, 0.29) is 5.91 Å². The minimum atomic E-state index is -0.0247. The van der Waals surface area contributed by atoms with Crippen molar-refractivity contribution in [3.63, 3.8) is 0 Å². The topological polar surface area (TPSA) is 70.7 Å². The van der Waals surface area contributed by atoms with Crippen LogP contribution in [0.5, 0.6) is 11.5 Å². The minimum absolute atomic E-state index is 0.0247. The van der Waals surface area contributed by atoms with Crippen molar-refractivity contribution < 1.29 is 14.3 Å². The van der Waals surface area contributed by atoms with Crippen LogP contribution >= 0.6 is 0 Å². The van der Waals surface area contributed by atoms with Crippen molar-refractivity contribution in [1.82, 2.24) is 15.1 Å². The van der Waals surface area contributed by atoms with E-state index < -0.39 is 0 Å². The van der Waals surface area contributed by atoms with Gasteiger partial charge in [0.05, 0.1) is 25.5 Å². The Labute approximate surface area is 176 Å². The molecule has 0 bridgehead atoms. The van der Waals surface area contributed by atoms with E-state index in [9.17, 15) is 4.79 Å². The number of amides is 1. The Hall–Kier alpha value is -3.48. The molecule has 1 fully saturated rings. The Morgan fingerprint density at radius 2 is 1.80 bits per heavy atom. The van der Waals surface area contributed by atoms with E-state index in [2.05, 4.69) is 33.3 Å². The van der Waals surface area contributed by atoms with Crippen molar-refractivity contribution in [3.8, 4) is 22.8 Å². The van der Waals surface area contributed by atoms with Gasteiger partial charge in [-0.15, -0.1) is 0 Å². The molecule has 1 aromatic heterocycles. The number of rotatable bonds is 5. The highest BCUT2D eigenvalue weighted by Crippen LogP contribution is 2.27. The highest BCUT2D eigenvalue weighted by molar-refractivity contribution is 5.97. The third-order valence-electron chi connectivity index (χ3n) is 5.40. The van der Waals surface area contributed by atoms with E-state index in [4.69, 9.17) is 9.47 Å². The van der Waals surface area contributed by atoms with Gasteiger partial charge in [-0.05, 0) is 24.1 Å². The number of hydrogen-bond donors (Lipinski definition) is 1. The molecule has 0 aliphatic carbocycles. The van der Waals surface area contributed by atoms with Gasteiger partial charge < -0.3 is 19.3 Å². The fourth-order valence-corrected chi connectivity index (χ4v) is 3.73. The molecule has 0 unspecified atom stereocenters. The Balaban J connectivity index is 1.46. The molecule has 1 aliphatic heterocycles. The Kier molecular flexibility index (Phi) is 5.88. The number of aromatic nitrogens is 2. The number of nitrogens with zero attached hydrogens (tertiary/aromatic N) is 3. The molecule has 4 rings (SSSR count). The maximum absolute atomic E-state index is 13.1. The van der Waals surface area contributed by atoms with Crippen molar-refractivity contribution in [2.45, 2.75) is 6.42 Å². The summed E-state index contributed by atoms with van der Waals surface area (Å²) in [4.78, 5) is 17.2. The van der Waals surface area contributed by atoms with Crippen LogP contribution in [-0.4, -0.2) is 61.4 Å². The van der Waals surface area contributed by atoms with E-state index in [1.54, 1.807) is 32.4 Å². The summed E-state index contributed by atoms with van der Waals surface area (Å²) in [5.41, 5.74) is 2.65. The van der Waals surface area contributed by atoms with Crippen LogP contribution in [0.25, 0.3) is 11.3 Å². The molecule has 156 valence electrons. The van der Waals surface area contributed by atoms with Crippen LogP contribution in [0.2, 0.25) is 0 Å². The predicted molar refractivity (Wildman–Crippen MR) is 116 cm³/mol. The highest BCUT2D eigenvalue weighted by atomic mass is 16.5. The number of nitrogens with one attached hydrogen (secondary N) is 1. The second kappa shape index (κ2) is 8.90. The van der Waals surface area contributed by atoms with Crippen molar-refractivity contribution in [1.29, 1.82) is 0 Å². The lowest BCUT2D eigenvalue weighted by Gasteiger charge is -2.22. The predicted octanol–water partition coefficient (Wildman–Crippen LogP) is 3.45. The highest BCUT2D eigenvalue weighted by Gasteiger charge is 2.24. The number of H-pyrrole nitrogens is 1. The Morgan fingerprint density at radius 3 is 2.57 bits per heavy atom. The summed E-state index contributed by atoms with van der Waals surface area (Å²) in [6.07, 6.45) is 0.873. The molecule has 0 atom stereocenters. The van der Waals surface area contributed by atoms with Gasteiger partial charge in [0.15, 0.2) is 5.82 Å². The van der Waals surface area contributed by atoms with Crippen LogP contribution in [-0.2, 0) is 0 Å². The Bertz CT molecular complexity index is 1000. The van der Waals surface area contributed by atoms with E-state index in [0.717, 1.165) is 36.6 Å². The average molecular weight is 406 g/mol. The summed E-state index contributed by atoms with van der Waals surface area (Å²) >= 11 is 0. The molecule has 0 spiro atoms. The van der Waals surface area contributed by atoms with Crippen molar-refractivity contribution >= 4 is 11.7 Å². The molecule has 0 radical (unpaired) electrons. The summed E-state index contributed by atoms with van der Waals surface area (Å²) in [6.45, 7) is 2.90. The number of ether oxygens (including phenoxy) is 2. The zero-order chi connectivity index (χ0) is 20.9. The first kappa shape index (κ1) is 19.8. The number of methoxy groups -OCH3 is 2. The summed E-state index contributed by atoms with van der Waals surface area (Å²) in [5, 5.41) is 7.62. The summed E-state index contributed by atoms with van der Waals surface area (Å²) < 4.78 is 10.6. The molecule has 1 saturated heterocycles. The number of carbonyl (C=O) groups is 1. The van der Waals surface area contributed by atoms with Crippen LogP contribution in [0, 0.1) is 0 Å². The Morgan fingerprint density at radius 1 is 0.967 bits per heavy atom. The quantitative estimate of drug-likeness (QED) is 0.703. The lowest BCUT2D eigenvalue weighted by molar-refractivity contribution is 0.0763. The van der Waals surface area contributed by atoms with Crippen molar-refractivity contribution in [2.24, 2.45) is 0 Å². The van der Waals surface area contributed by atoms with Gasteiger partial charge in [0.2, 0.25) is 0 Å². The van der Waals surface area contributed by atoms with Gasteiger partial charge in [0.1, 0.15) is 11.5 Å². The summed E-state index contributed by atoms with van der Waals surface area (Å²) in [5.74, 6) is 2.08. The summed E-state index contributed by atoms with van der Waals surface area (Å²) in [7, 11) is 3.16. The fraction of sp³-hybridized carbons (Fsp3) is 0.304. The molecular weight excluding hydrogens is 380 g/mol. The molecule has 3 aromatic rings. The molecule has 1 N–H and O–H groups in total. The maximum atomic E-state index is 13.1. The molecule has 1 amide bonds. The van der Waals surface area contributed by atoms with Gasteiger partial charge in [-0.2, -0.15) is 5.10 Å². The largest absolute Gasteiger partial charge is 0.497 e. The van der Waals surface area contributed by atoms with Crippen LogP contribution < -0.4 is 14.4 Å². The van der Waals surface area contributed by atoms with Gasteiger partial charge in [-0.1, -0.05) is 30.3 Å². The van der Waals surface area contributed by atoms with E-state index in [1.807, 2.05) is 23.1 Å². The zero-order valence-electron chi connectivity index (χ0n) is 17.3. The molecule has 7 heteroatoms. The third kappa shape index (κ3) is 4.10. The lowest BCUT2D eigenvalue weighted by atomic mass is 10.1. The number of benzene rings is 2. The molecule has 2 aromatic carbocycles. The first-order valence-electron chi connectivity index (χ1n) is 10.1. The summed E-state index contributed by atoms with van der Waals surface area (Å²) in [6, 6.07) is 17.5. The smallest absolute Gasteiger partial charge is 0.257 e. The zero-order valence-corrected chi connectivity index (χ0v) is 17.3. The van der Waals surface area contributed by atoms with E-state index >= 15 is 0 Å². The van der Waals surface area contributed by atoms with Crippen LogP contribution in [0.1, 0.15) is 16.8 Å². The van der Waals surface area contributed by atoms with Crippen LogP contribution in [0.3, 0.4) is 0 Å². The molecule has 1 aliphatic rings. The number of aromatic amines is 1. The second-order valence-electron chi connectivity index (χ2n) is 7.20. The van der Waals surface area contributed by atoms with E-state index in [0.29, 0.717) is 30.2 Å². The third-order valence-corrected chi connectivity index (χ3v) is 5.40. The minimum Gasteiger partial charge on any atom is -0.497 e. The fourth-order valence-electron chi connectivity index (χ4n) is 3.73. The molecular formula is C23H26N4O3. The van der Waals surface area contributed by atoms with Crippen molar-refractivity contribution in [2.75, 3.05) is 45.3 Å². The van der Waals surface area contributed by atoms with Gasteiger partial charge in [0, 0.05) is 38.3 Å². The molecule has 30 heavy (non-hydrogen) atoms. The SMILES string of the molecule is COc1ccc(C(=O)N2CCCN(c3cc(-c4ccccc4)[nH]n3)CC2)c(OC)c1. The molecule has 7 nitrogen and oxygen atoms in total. The number of anilines is 1. The normalized spacial score (nSPS) is 14.3.